The Hall–Kier alpha value is -6.11. The Morgan fingerprint density at radius 1 is 0.836 bits per heavy atom. The van der Waals surface area contributed by atoms with E-state index in [-0.39, 0.29) is 51.0 Å². The first kappa shape index (κ1) is 54.7. The van der Waals surface area contributed by atoms with Crippen molar-refractivity contribution in [3.63, 3.8) is 0 Å². The summed E-state index contributed by atoms with van der Waals surface area (Å²) in [4.78, 5) is 58.3. The fourth-order valence-electron chi connectivity index (χ4n) is 8.30. The molecular formula is C56H66ClN7O8S. The number of nitrogens with one attached hydrogen (secondary N) is 2. The number of aliphatic hydroxyl groups is 1. The van der Waals surface area contributed by atoms with Gasteiger partial charge in [0.25, 0.3) is 0 Å². The summed E-state index contributed by atoms with van der Waals surface area (Å²) < 4.78 is 22.7. The molecule has 0 bridgehead atoms. The molecule has 73 heavy (non-hydrogen) atoms. The van der Waals surface area contributed by atoms with Crippen molar-refractivity contribution in [1.82, 2.24) is 30.5 Å². The van der Waals surface area contributed by atoms with Crippen molar-refractivity contribution in [2.24, 2.45) is 5.41 Å². The maximum Gasteiger partial charge on any atom is 0.246 e. The summed E-state index contributed by atoms with van der Waals surface area (Å²) in [6.45, 7) is 11.3. The lowest BCUT2D eigenvalue weighted by atomic mass is 9.85. The molecule has 3 aromatic carbocycles. The molecule has 0 unspecified atom stereocenters. The molecule has 0 radical (unpaired) electrons. The molecule has 386 valence electrons. The number of nitrogens with zero attached hydrogens (tertiary/aromatic N) is 5. The molecule has 3 atom stereocenters. The number of amides is 3. The number of rotatable bonds is 25. The van der Waals surface area contributed by atoms with Crippen molar-refractivity contribution < 1.29 is 38.4 Å². The van der Waals surface area contributed by atoms with Gasteiger partial charge in [0, 0.05) is 68.6 Å². The van der Waals surface area contributed by atoms with E-state index in [1.54, 1.807) is 17.5 Å². The molecule has 6 aromatic rings. The second-order valence-electron chi connectivity index (χ2n) is 19.0. The standard InChI is InChI=1S/C56H66ClN7O8S/c1-38-51(73-37-61-38)42-15-12-40(13-16-42)32-60-54(67)49-31-48(65)36-64(49)55(68)52(56(2,3)4)62-50(66)18-20-69-22-24-71-26-27-72-25-23-70-21-19-63(5)47-30-46(33-58-35-47)45-29-44(53(57)59-34-45)17-11-39-10-14-41-8-6-7-9-43(41)28-39/h6-17,28-30,33-35,37,48-49,52,65H,18-27,31-32,36H2,1-5H3,(H,60,67)(H,62,66)/b17-11+/t48-,49+,52-/m1/s1. The average molecular weight is 1030 g/mol. The largest absolute Gasteiger partial charge is 0.391 e. The highest BCUT2D eigenvalue weighted by atomic mass is 35.5. The number of likely N-dealkylation sites (N-methyl/N-ethyl adjacent to an activating group) is 1. The van der Waals surface area contributed by atoms with Crippen molar-refractivity contribution in [2.75, 3.05) is 77.9 Å². The molecule has 3 aromatic heterocycles. The van der Waals surface area contributed by atoms with Crippen LogP contribution in [-0.2, 0) is 39.9 Å². The number of aliphatic hydroxyl groups excluding tert-OH is 1. The number of hydrogen-bond donors (Lipinski definition) is 3. The van der Waals surface area contributed by atoms with Crippen LogP contribution in [0.4, 0.5) is 5.69 Å². The number of fused-ring (bicyclic) bond motifs is 1. The Kier molecular flexibility index (Phi) is 20.0. The Morgan fingerprint density at radius 2 is 1.52 bits per heavy atom. The summed E-state index contributed by atoms with van der Waals surface area (Å²) in [6, 6.07) is 24.8. The molecule has 1 saturated heterocycles. The number of ether oxygens (including phenoxy) is 4. The van der Waals surface area contributed by atoms with E-state index < -0.39 is 29.5 Å². The van der Waals surface area contributed by atoms with Crippen molar-refractivity contribution in [2.45, 2.75) is 65.3 Å². The highest BCUT2D eigenvalue weighted by Gasteiger charge is 2.44. The van der Waals surface area contributed by atoms with Crippen LogP contribution in [0, 0.1) is 12.3 Å². The van der Waals surface area contributed by atoms with Crippen molar-refractivity contribution in [3.8, 4) is 21.6 Å². The van der Waals surface area contributed by atoms with Gasteiger partial charge < -0.3 is 44.5 Å². The maximum absolute atomic E-state index is 14.0. The number of anilines is 1. The minimum Gasteiger partial charge on any atom is -0.391 e. The zero-order chi connectivity index (χ0) is 51.7. The normalized spacial score (nSPS) is 15.2. The van der Waals surface area contributed by atoms with Crippen LogP contribution in [0.2, 0.25) is 5.15 Å². The summed E-state index contributed by atoms with van der Waals surface area (Å²) in [5.74, 6) is -1.14. The van der Waals surface area contributed by atoms with Gasteiger partial charge in [-0.05, 0) is 58.0 Å². The van der Waals surface area contributed by atoms with Crippen LogP contribution >= 0.6 is 22.9 Å². The van der Waals surface area contributed by atoms with E-state index in [1.807, 2.05) is 107 Å². The molecule has 17 heteroatoms. The summed E-state index contributed by atoms with van der Waals surface area (Å²) in [5.41, 5.74) is 8.74. The lowest BCUT2D eigenvalue weighted by Crippen LogP contribution is -2.57. The molecule has 0 aliphatic carbocycles. The number of aryl methyl sites for hydroxylation is 1. The second-order valence-corrected chi connectivity index (χ2v) is 20.3. The first-order chi connectivity index (χ1) is 35.2. The maximum atomic E-state index is 14.0. The molecule has 7 rings (SSSR count). The number of pyridine rings is 2. The van der Waals surface area contributed by atoms with E-state index in [0.29, 0.717) is 51.3 Å². The minimum absolute atomic E-state index is 0.00239. The Morgan fingerprint density at radius 3 is 2.22 bits per heavy atom. The van der Waals surface area contributed by atoms with Crippen LogP contribution in [0.15, 0.2) is 103 Å². The van der Waals surface area contributed by atoms with Gasteiger partial charge in [0.15, 0.2) is 0 Å². The molecule has 4 heterocycles. The van der Waals surface area contributed by atoms with Gasteiger partial charge >= 0.3 is 0 Å². The first-order valence-electron chi connectivity index (χ1n) is 24.6. The average Bonchev–Trinajstić information content (AvgIpc) is 4.01. The molecule has 3 amide bonds. The van der Waals surface area contributed by atoms with Crippen LogP contribution in [0.1, 0.15) is 56.0 Å². The molecule has 0 saturated carbocycles. The van der Waals surface area contributed by atoms with E-state index in [2.05, 4.69) is 66.9 Å². The molecule has 1 aliphatic rings. The summed E-state index contributed by atoms with van der Waals surface area (Å²) in [5, 5.41) is 19.2. The van der Waals surface area contributed by atoms with Crippen molar-refractivity contribution in [1.29, 1.82) is 0 Å². The Labute approximate surface area is 436 Å². The number of hydrogen-bond acceptors (Lipinski definition) is 13. The molecule has 1 aliphatic heterocycles. The van der Waals surface area contributed by atoms with Gasteiger partial charge in [-0.2, -0.15) is 0 Å². The topological polar surface area (TPSA) is 178 Å². The molecular weight excluding hydrogens is 966 g/mol. The Bertz CT molecular complexity index is 2800. The fraction of sp³-hybridized carbons (Fsp3) is 0.393. The highest BCUT2D eigenvalue weighted by Crippen LogP contribution is 2.30. The predicted molar refractivity (Wildman–Crippen MR) is 288 cm³/mol. The molecule has 15 nitrogen and oxygen atoms in total. The molecule has 3 N–H and O–H groups in total. The fourth-order valence-corrected chi connectivity index (χ4v) is 9.28. The van der Waals surface area contributed by atoms with E-state index >= 15 is 0 Å². The van der Waals surface area contributed by atoms with Gasteiger partial charge in [0.05, 0.1) is 86.9 Å². The third-order valence-electron chi connectivity index (χ3n) is 12.5. The summed E-state index contributed by atoms with van der Waals surface area (Å²) in [7, 11) is 2.00. The number of carbonyl (C=O) groups is 3. The number of benzene rings is 3. The van der Waals surface area contributed by atoms with Crippen LogP contribution in [0.25, 0.3) is 44.5 Å². The van der Waals surface area contributed by atoms with Crippen LogP contribution in [-0.4, -0.2) is 134 Å². The van der Waals surface area contributed by atoms with Crippen molar-refractivity contribution >= 4 is 69.3 Å². The third-order valence-corrected chi connectivity index (χ3v) is 13.8. The Balaban J connectivity index is 0.731. The molecule has 0 spiro atoms. The van der Waals surface area contributed by atoms with E-state index in [9.17, 15) is 19.5 Å². The highest BCUT2D eigenvalue weighted by molar-refractivity contribution is 7.13. The smallest absolute Gasteiger partial charge is 0.246 e. The number of carbonyl (C=O) groups excluding carboxylic acids is 3. The third kappa shape index (κ3) is 15.9. The number of halogens is 1. The lowest BCUT2D eigenvalue weighted by molar-refractivity contribution is -0.144. The lowest BCUT2D eigenvalue weighted by Gasteiger charge is -2.35. The quantitative estimate of drug-likeness (QED) is 0.0370. The van der Waals surface area contributed by atoms with Gasteiger partial charge in [-0.15, -0.1) is 11.3 Å². The number of thiazole rings is 1. The minimum atomic E-state index is -0.926. The summed E-state index contributed by atoms with van der Waals surface area (Å²) in [6.07, 6.45) is 8.71. The van der Waals surface area contributed by atoms with Gasteiger partial charge in [-0.3, -0.25) is 19.4 Å². The zero-order valence-electron chi connectivity index (χ0n) is 42.2. The SMILES string of the molecule is Cc1ncsc1-c1ccc(CNC(=O)[C@@H]2C[C@@H](O)CN2C(=O)[C@@H](NC(=O)CCOCCOCCOCCOCCN(C)c2cncc(-c3cnc(Cl)c(/C=C/c4ccc5ccccc5c4)c3)c2)C(C)(C)C)cc1. The monoisotopic (exact) mass is 1030 g/mol. The zero-order valence-corrected chi connectivity index (χ0v) is 43.8. The number of likely N-dealkylation sites (tertiary alicyclic amines) is 1. The van der Waals surface area contributed by atoms with E-state index in [4.69, 9.17) is 30.5 Å². The van der Waals surface area contributed by atoms with Gasteiger partial charge in [-0.1, -0.05) is 105 Å². The van der Waals surface area contributed by atoms with Gasteiger partial charge in [0.2, 0.25) is 17.7 Å². The predicted octanol–water partition coefficient (Wildman–Crippen LogP) is 8.25. The number of aromatic nitrogens is 3. The molecule has 1 fully saturated rings. The van der Waals surface area contributed by atoms with E-state index in [0.717, 1.165) is 49.6 Å². The van der Waals surface area contributed by atoms with Crippen LogP contribution in [0.5, 0.6) is 0 Å². The summed E-state index contributed by atoms with van der Waals surface area (Å²) >= 11 is 8.08. The first-order valence-corrected chi connectivity index (χ1v) is 25.8. The number of β-amino-alcohol motifs (C(OH)–C–C–N with tert-alkyl or cyclic N) is 1. The van der Waals surface area contributed by atoms with Crippen molar-refractivity contribution in [3.05, 3.63) is 131 Å². The van der Waals surface area contributed by atoms with Gasteiger partial charge in [-0.25, -0.2) is 9.97 Å². The van der Waals surface area contributed by atoms with Gasteiger partial charge in [0.1, 0.15) is 17.2 Å². The van der Waals surface area contributed by atoms with E-state index in [1.165, 1.54) is 15.7 Å². The van der Waals surface area contributed by atoms with Crippen LogP contribution in [0.3, 0.4) is 0 Å². The second kappa shape index (κ2) is 26.7. The van der Waals surface area contributed by atoms with Crippen LogP contribution < -0.4 is 15.5 Å².